The van der Waals surface area contributed by atoms with Crippen LogP contribution >= 0.6 is 0 Å². The Morgan fingerprint density at radius 3 is 2.82 bits per heavy atom. The van der Waals surface area contributed by atoms with Crippen LogP contribution in [0.2, 0.25) is 0 Å². The summed E-state index contributed by atoms with van der Waals surface area (Å²) in [6.45, 7) is 8.46. The molecule has 92 valence electrons. The molecule has 0 N–H and O–H groups in total. The number of fused-ring (bicyclic) bond motifs is 1. The quantitative estimate of drug-likeness (QED) is 0.648. The van der Waals surface area contributed by atoms with E-state index in [2.05, 4.69) is 26.5 Å². The molecule has 2 fully saturated rings. The number of nitrogens with zero attached hydrogens (tertiary/aromatic N) is 1. The maximum atomic E-state index is 11.7. The fourth-order valence-electron chi connectivity index (χ4n) is 3.96. The predicted molar refractivity (Wildman–Crippen MR) is 67.1 cm³/mol. The number of carbonyl (C=O) groups excluding carboxylic acids is 1. The van der Waals surface area contributed by atoms with E-state index in [0.717, 1.165) is 19.3 Å². The average molecular weight is 231 g/mol. The zero-order valence-electron chi connectivity index (χ0n) is 10.8. The summed E-state index contributed by atoms with van der Waals surface area (Å²) < 4.78 is 0. The summed E-state index contributed by atoms with van der Waals surface area (Å²) in [5, 5.41) is 9.57. The molecule has 2 aliphatic carbocycles. The summed E-state index contributed by atoms with van der Waals surface area (Å²) in [6.07, 6.45) is 5.90. The van der Waals surface area contributed by atoms with E-state index in [0.29, 0.717) is 24.7 Å². The maximum Gasteiger partial charge on any atom is 0.134 e. The highest BCUT2D eigenvalue weighted by Gasteiger charge is 2.55. The Hall–Kier alpha value is -1.10. The van der Waals surface area contributed by atoms with E-state index in [4.69, 9.17) is 0 Å². The first kappa shape index (κ1) is 12.4. The van der Waals surface area contributed by atoms with Gasteiger partial charge in [-0.05, 0) is 36.5 Å². The van der Waals surface area contributed by atoms with Crippen LogP contribution in [0, 0.1) is 34.0 Å². The van der Waals surface area contributed by atoms with Gasteiger partial charge in [-0.25, -0.2) is 0 Å². The number of allylic oxidation sites excluding steroid dienone is 1. The fourth-order valence-corrected chi connectivity index (χ4v) is 3.96. The molecule has 2 nitrogen and oxygen atoms in total. The Balaban J connectivity index is 2.43. The molecule has 0 aliphatic heterocycles. The van der Waals surface area contributed by atoms with E-state index < -0.39 is 5.41 Å². The lowest BCUT2D eigenvalue weighted by Gasteiger charge is -2.54. The third kappa shape index (κ3) is 1.64. The standard InChI is InChI=1S/C15H21NO/c1-4-14(3)11(2)7-8-15(10-16)9-12(17)5-6-13(14)15/h4,11,13H,1,5-9H2,2-3H3/t11-,13-,14+,15+/m1/s1. The molecular formula is C15H21NO. The van der Waals surface area contributed by atoms with E-state index in [-0.39, 0.29) is 11.2 Å². The smallest absolute Gasteiger partial charge is 0.134 e. The molecular weight excluding hydrogens is 210 g/mol. The second-order valence-corrected chi connectivity index (χ2v) is 6.08. The van der Waals surface area contributed by atoms with Gasteiger partial charge >= 0.3 is 0 Å². The molecule has 0 spiro atoms. The van der Waals surface area contributed by atoms with Gasteiger partial charge in [0.1, 0.15) is 5.78 Å². The lowest BCUT2D eigenvalue weighted by molar-refractivity contribution is -0.129. The van der Waals surface area contributed by atoms with E-state index in [1.165, 1.54) is 0 Å². The zero-order chi connectivity index (χ0) is 12.7. The third-order valence-electron chi connectivity index (χ3n) is 5.39. The highest BCUT2D eigenvalue weighted by atomic mass is 16.1. The van der Waals surface area contributed by atoms with Crippen LogP contribution < -0.4 is 0 Å². The fraction of sp³-hybridized carbons (Fsp3) is 0.733. The highest BCUT2D eigenvalue weighted by molar-refractivity contribution is 5.80. The second-order valence-electron chi connectivity index (χ2n) is 6.08. The Morgan fingerprint density at radius 1 is 1.53 bits per heavy atom. The van der Waals surface area contributed by atoms with Crippen LogP contribution in [0.15, 0.2) is 12.7 Å². The average Bonchev–Trinajstić information content (AvgIpc) is 2.34. The first-order chi connectivity index (χ1) is 7.98. The second kappa shape index (κ2) is 3.98. The van der Waals surface area contributed by atoms with Crippen LogP contribution in [0.1, 0.15) is 46.0 Å². The van der Waals surface area contributed by atoms with Crippen molar-refractivity contribution in [2.75, 3.05) is 0 Å². The van der Waals surface area contributed by atoms with E-state index in [1.807, 2.05) is 6.08 Å². The predicted octanol–water partition coefficient (Wildman–Crippen LogP) is 3.49. The van der Waals surface area contributed by atoms with Crippen LogP contribution in [0.4, 0.5) is 0 Å². The third-order valence-corrected chi connectivity index (χ3v) is 5.39. The first-order valence-corrected chi connectivity index (χ1v) is 6.55. The van der Waals surface area contributed by atoms with Gasteiger partial charge in [0, 0.05) is 12.8 Å². The topological polar surface area (TPSA) is 40.9 Å². The summed E-state index contributed by atoms with van der Waals surface area (Å²) in [7, 11) is 0. The molecule has 17 heavy (non-hydrogen) atoms. The number of hydrogen-bond acceptors (Lipinski definition) is 2. The molecule has 0 bridgehead atoms. The van der Waals surface area contributed by atoms with Gasteiger partial charge in [-0.2, -0.15) is 5.26 Å². The van der Waals surface area contributed by atoms with Crippen molar-refractivity contribution in [3.05, 3.63) is 12.7 Å². The van der Waals surface area contributed by atoms with Gasteiger partial charge in [-0.1, -0.05) is 19.9 Å². The molecule has 0 saturated heterocycles. The summed E-state index contributed by atoms with van der Waals surface area (Å²) in [6, 6.07) is 2.49. The number of rotatable bonds is 1. The summed E-state index contributed by atoms with van der Waals surface area (Å²) in [4.78, 5) is 11.7. The van der Waals surface area contributed by atoms with Crippen LogP contribution in [-0.4, -0.2) is 5.78 Å². The molecule has 0 amide bonds. The summed E-state index contributed by atoms with van der Waals surface area (Å²) in [5.74, 6) is 1.13. The van der Waals surface area contributed by atoms with E-state index in [9.17, 15) is 10.1 Å². The van der Waals surface area contributed by atoms with Crippen LogP contribution in [0.25, 0.3) is 0 Å². The maximum absolute atomic E-state index is 11.7. The minimum Gasteiger partial charge on any atom is -0.300 e. The van der Waals surface area contributed by atoms with Crippen molar-refractivity contribution < 1.29 is 4.79 Å². The lowest BCUT2D eigenvalue weighted by Crippen LogP contribution is -2.50. The number of nitriles is 1. The zero-order valence-corrected chi connectivity index (χ0v) is 10.8. The lowest BCUT2D eigenvalue weighted by atomic mass is 9.48. The Morgan fingerprint density at radius 2 is 2.24 bits per heavy atom. The molecule has 0 heterocycles. The molecule has 0 aromatic rings. The molecule has 4 atom stereocenters. The van der Waals surface area contributed by atoms with Crippen molar-refractivity contribution in [3.63, 3.8) is 0 Å². The van der Waals surface area contributed by atoms with Gasteiger partial charge < -0.3 is 0 Å². The van der Waals surface area contributed by atoms with Gasteiger partial charge in [-0.15, -0.1) is 6.58 Å². The highest BCUT2D eigenvalue weighted by Crippen LogP contribution is 2.59. The van der Waals surface area contributed by atoms with Crippen molar-refractivity contribution in [1.82, 2.24) is 0 Å². The van der Waals surface area contributed by atoms with Crippen molar-refractivity contribution in [3.8, 4) is 6.07 Å². The van der Waals surface area contributed by atoms with Crippen molar-refractivity contribution in [1.29, 1.82) is 5.26 Å². The normalized spacial score (nSPS) is 45.8. The molecule has 2 saturated carbocycles. The Bertz CT molecular complexity index is 394. The number of carbonyl (C=O) groups is 1. The molecule has 2 rings (SSSR count). The van der Waals surface area contributed by atoms with Crippen molar-refractivity contribution >= 4 is 5.78 Å². The van der Waals surface area contributed by atoms with Crippen molar-refractivity contribution in [2.24, 2.45) is 22.7 Å². The van der Waals surface area contributed by atoms with Crippen LogP contribution in [-0.2, 0) is 4.79 Å². The number of hydrogen-bond donors (Lipinski definition) is 0. The number of ketones is 1. The van der Waals surface area contributed by atoms with Gasteiger partial charge in [0.2, 0.25) is 0 Å². The minimum absolute atomic E-state index is 0.00861. The van der Waals surface area contributed by atoms with Gasteiger partial charge in [-0.3, -0.25) is 4.79 Å². The largest absolute Gasteiger partial charge is 0.300 e. The van der Waals surface area contributed by atoms with E-state index in [1.54, 1.807) is 0 Å². The summed E-state index contributed by atoms with van der Waals surface area (Å²) in [5.41, 5.74) is -0.403. The molecule has 2 aliphatic rings. The van der Waals surface area contributed by atoms with Crippen LogP contribution in [0.5, 0.6) is 0 Å². The Kier molecular flexibility index (Phi) is 2.89. The molecule has 0 unspecified atom stereocenters. The van der Waals surface area contributed by atoms with Gasteiger partial charge in [0.05, 0.1) is 11.5 Å². The van der Waals surface area contributed by atoms with Crippen LogP contribution in [0.3, 0.4) is 0 Å². The molecule has 0 aromatic heterocycles. The monoisotopic (exact) mass is 231 g/mol. The molecule has 0 radical (unpaired) electrons. The summed E-state index contributed by atoms with van der Waals surface area (Å²) >= 11 is 0. The van der Waals surface area contributed by atoms with E-state index >= 15 is 0 Å². The SMILES string of the molecule is C=C[C@@]1(C)[C@H](C)CC[C@@]2(C#N)CC(=O)CC[C@@H]21. The van der Waals surface area contributed by atoms with Crippen molar-refractivity contribution in [2.45, 2.75) is 46.0 Å². The first-order valence-electron chi connectivity index (χ1n) is 6.55. The number of Topliss-reactive ketones (excluding diaryl/α,β-unsaturated/α-hetero) is 1. The minimum atomic E-state index is -0.412. The molecule has 2 heteroatoms. The molecule has 0 aromatic carbocycles. The van der Waals surface area contributed by atoms with Gasteiger partial charge in [0.25, 0.3) is 0 Å². The van der Waals surface area contributed by atoms with Gasteiger partial charge in [0.15, 0.2) is 0 Å². The Labute approximate surface area is 104 Å².